The highest BCUT2D eigenvalue weighted by Gasteiger charge is 2.15. The number of rotatable bonds is 5. The number of nitrogens with zero attached hydrogens (tertiary/aromatic N) is 1. The lowest BCUT2D eigenvalue weighted by Crippen LogP contribution is -2.33. The molecule has 1 unspecified atom stereocenters. The highest BCUT2D eigenvalue weighted by Crippen LogP contribution is 2.21. The number of amides is 1. The summed E-state index contributed by atoms with van der Waals surface area (Å²) in [5, 5.41) is 1.93. The number of carbonyl (C=O) groups excluding carboxylic acids is 1. The number of benzene rings is 2. The van der Waals surface area contributed by atoms with E-state index in [1.165, 1.54) is 0 Å². The molecule has 0 aliphatic carbocycles. The van der Waals surface area contributed by atoms with Gasteiger partial charge in [0.15, 0.2) is 0 Å². The van der Waals surface area contributed by atoms with Crippen LogP contribution in [0.25, 0.3) is 10.8 Å². The molecule has 1 atom stereocenters. The van der Waals surface area contributed by atoms with Crippen LogP contribution in [0.3, 0.4) is 0 Å². The Bertz CT molecular complexity index is 647. The third-order valence-electron chi connectivity index (χ3n) is 3.22. The molecule has 0 heterocycles. The van der Waals surface area contributed by atoms with Crippen LogP contribution in [0.2, 0.25) is 0 Å². The van der Waals surface area contributed by atoms with Crippen LogP contribution >= 0.6 is 27.5 Å². The van der Waals surface area contributed by atoms with Crippen molar-refractivity contribution in [2.45, 2.75) is 5.38 Å². The number of ether oxygens (including phenoxy) is 1. The lowest BCUT2D eigenvalue weighted by molar-refractivity contribution is 0.0782. The molecule has 0 saturated carbocycles. The third kappa shape index (κ3) is 4.19. The first-order valence-corrected chi connectivity index (χ1v) is 7.82. The quantitative estimate of drug-likeness (QED) is 0.746. The Kier molecular flexibility index (Phi) is 5.62. The molecule has 0 spiro atoms. The smallest absolute Gasteiger partial charge is 0.253 e. The molecule has 0 N–H and O–H groups in total. The van der Waals surface area contributed by atoms with Crippen LogP contribution < -0.4 is 0 Å². The van der Waals surface area contributed by atoms with E-state index in [0.29, 0.717) is 18.7 Å². The van der Waals surface area contributed by atoms with E-state index in [4.69, 9.17) is 16.3 Å². The molecule has 112 valence electrons. The highest BCUT2D eigenvalue weighted by atomic mass is 79.9. The first-order valence-electron chi connectivity index (χ1n) is 6.59. The van der Waals surface area contributed by atoms with Gasteiger partial charge in [0, 0.05) is 30.7 Å². The molecule has 0 bridgehead atoms. The van der Waals surface area contributed by atoms with Gasteiger partial charge < -0.3 is 9.64 Å². The van der Waals surface area contributed by atoms with Crippen LogP contribution in [0.15, 0.2) is 40.9 Å². The molecule has 21 heavy (non-hydrogen) atoms. The Hall–Kier alpha value is -1.10. The standard InChI is InChI=1S/C16H17BrClNO2/c1-19(9-15(18)10-21-2)16(20)13-4-3-12-8-14(17)6-5-11(12)7-13/h3-8,15H,9-10H2,1-2H3. The van der Waals surface area contributed by atoms with Gasteiger partial charge in [-0.15, -0.1) is 11.6 Å². The fourth-order valence-electron chi connectivity index (χ4n) is 2.18. The molecule has 0 saturated heterocycles. The topological polar surface area (TPSA) is 29.5 Å². The van der Waals surface area contributed by atoms with Gasteiger partial charge in [-0.05, 0) is 35.0 Å². The Morgan fingerprint density at radius 3 is 2.67 bits per heavy atom. The molecular weight excluding hydrogens is 354 g/mol. The second-order valence-electron chi connectivity index (χ2n) is 4.94. The minimum atomic E-state index is -0.208. The zero-order chi connectivity index (χ0) is 15.4. The summed E-state index contributed by atoms with van der Waals surface area (Å²) < 4.78 is 6.01. The molecule has 0 fully saturated rings. The second kappa shape index (κ2) is 7.25. The number of alkyl halides is 1. The van der Waals surface area contributed by atoms with Crippen molar-refractivity contribution in [3.8, 4) is 0 Å². The summed E-state index contributed by atoms with van der Waals surface area (Å²) >= 11 is 9.54. The summed E-state index contributed by atoms with van der Waals surface area (Å²) in [6.07, 6.45) is 0. The van der Waals surface area contributed by atoms with Gasteiger partial charge in [-0.2, -0.15) is 0 Å². The fraction of sp³-hybridized carbons (Fsp3) is 0.312. The van der Waals surface area contributed by atoms with Crippen LogP contribution in [0.4, 0.5) is 0 Å². The predicted molar refractivity (Wildman–Crippen MR) is 90.1 cm³/mol. The zero-order valence-corrected chi connectivity index (χ0v) is 14.3. The van der Waals surface area contributed by atoms with Crippen molar-refractivity contribution in [1.82, 2.24) is 4.90 Å². The van der Waals surface area contributed by atoms with Crippen LogP contribution in [0, 0.1) is 0 Å². The fourth-order valence-corrected chi connectivity index (χ4v) is 2.90. The summed E-state index contributed by atoms with van der Waals surface area (Å²) in [4.78, 5) is 14.0. The van der Waals surface area contributed by atoms with E-state index in [1.807, 2.05) is 36.4 Å². The maximum absolute atomic E-state index is 12.4. The van der Waals surface area contributed by atoms with Gasteiger partial charge in [-0.3, -0.25) is 4.79 Å². The van der Waals surface area contributed by atoms with Crippen LogP contribution in [-0.2, 0) is 4.74 Å². The van der Waals surface area contributed by atoms with Crippen molar-refractivity contribution in [1.29, 1.82) is 0 Å². The molecular formula is C16H17BrClNO2. The number of hydrogen-bond acceptors (Lipinski definition) is 2. The van der Waals surface area contributed by atoms with E-state index in [-0.39, 0.29) is 11.3 Å². The molecule has 1 amide bonds. The molecule has 0 aromatic heterocycles. The molecule has 3 nitrogen and oxygen atoms in total. The Labute approximate surface area is 138 Å². The normalized spacial score (nSPS) is 12.4. The molecule has 5 heteroatoms. The maximum Gasteiger partial charge on any atom is 0.253 e. The second-order valence-corrected chi connectivity index (χ2v) is 6.48. The summed E-state index contributed by atoms with van der Waals surface area (Å²) in [6, 6.07) is 11.7. The van der Waals surface area contributed by atoms with Gasteiger partial charge in [-0.1, -0.05) is 28.1 Å². The van der Waals surface area contributed by atoms with E-state index in [0.717, 1.165) is 15.2 Å². The summed E-state index contributed by atoms with van der Waals surface area (Å²) in [6.45, 7) is 0.873. The van der Waals surface area contributed by atoms with Crippen molar-refractivity contribution < 1.29 is 9.53 Å². The van der Waals surface area contributed by atoms with Crippen LogP contribution in [0.5, 0.6) is 0 Å². The first-order chi connectivity index (χ1) is 10.0. The summed E-state index contributed by atoms with van der Waals surface area (Å²) in [5.74, 6) is -0.0402. The average Bonchev–Trinajstić information content (AvgIpc) is 2.46. The molecule has 2 rings (SSSR count). The Balaban J connectivity index is 2.17. The summed E-state index contributed by atoms with van der Waals surface area (Å²) in [7, 11) is 3.35. The van der Waals surface area contributed by atoms with E-state index < -0.39 is 0 Å². The number of fused-ring (bicyclic) bond motifs is 1. The van der Waals surface area contributed by atoms with Gasteiger partial charge in [0.25, 0.3) is 5.91 Å². The molecule has 0 aliphatic rings. The monoisotopic (exact) mass is 369 g/mol. The molecule has 2 aromatic rings. The van der Waals surface area contributed by atoms with Gasteiger partial charge in [0.2, 0.25) is 0 Å². The average molecular weight is 371 g/mol. The van der Waals surface area contributed by atoms with Crippen molar-refractivity contribution in [3.63, 3.8) is 0 Å². The van der Waals surface area contributed by atoms with Crippen molar-refractivity contribution in [2.75, 3.05) is 27.3 Å². The van der Waals surface area contributed by atoms with Crippen LogP contribution in [-0.4, -0.2) is 43.5 Å². The third-order valence-corrected chi connectivity index (χ3v) is 3.97. The minimum Gasteiger partial charge on any atom is -0.383 e. The SMILES string of the molecule is COCC(Cl)CN(C)C(=O)c1ccc2cc(Br)ccc2c1. The zero-order valence-electron chi connectivity index (χ0n) is 12.0. The largest absolute Gasteiger partial charge is 0.383 e. The maximum atomic E-state index is 12.4. The Morgan fingerprint density at radius 2 is 1.95 bits per heavy atom. The Morgan fingerprint density at radius 1 is 1.29 bits per heavy atom. The van der Waals surface area contributed by atoms with Gasteiger partial charge >= 0.3 is 0 Å². The highest BCUT2D eigenvalue weighted by molar-refractivity contribution is 9.10. The lowest BCUT2D eigenvalue weighted by atomic mass is 10.1. The molecule has 2 aromatic carbocycles. The van der Waals surface area contributed by atoms with Gasteiger partial charge in [-0.25, -0.2) is 0 Å². The van der Waals surface area contributed by atoms with Crippen molar-refractivity contribution in [2.24, 2.45) is 0 Å². The molecule has 0 radical (unpaired) electrons. The van der Waals surface area contributed by atoms with E-state index in [2.05, 4.69) is 15.9 Å². The van der Waals surface area contributed by atoms with E-state index >= 15 is 0 Å². The minimum absolute atomic E-state index is 0.0402. The van der Waals surface area contributed by atoms with E-state index in [1.54, 1.807) is 19.1 Å². The lowest BCUT2D eigenvalue weighted by Gasteiger charge is -2.20. The number of carbonyl (C=O) groups is 1. The van der Waals surface area contributed by atoms with Crippen LogP contribution in [0.1, 0.15) is 10.4 Å². The van der Waals surface area contributed by atoms with Gasteiger partial charge in [0.1, 0.15) is 0 Å². The summed E-state index contributed by atoms with van der Waals surface area (Å²) in [5.41, 5.74) is 0.661. The van der Waals surface area contributed by atoms with Gasteiger partial charge in [0.05, 0.1) is 12.0 Å². The number of halogens is 2. The molecule has 0 aliphatic heterocycles. The number of hydrogen-bond donors (Lipinski definition) is 0. The first kappa shape index (κ1) is 16.3. The van der Waals surface area contributed by atoms with Crippen molar-refractivity contribution >= 4 is 44.2 Å². The van der Waals surface area contributed by atoms with Crippen molar-refractivity contribution in [3.05, 3.63) is 46.4 Å². The van der Waals surface area contributed by atoms with E-state index in [9.17, 15) is 4.79 Å². The predicted octanol–water partition coefficient (Wildman–Crippen LogP) is 3.93. The number of methoxy groups -OCH3 is 1.